The lowest BCUT2D eigenvalue weighted by atomic mass is 10.2. The monoisotopic (exact) mass is 273 g/mol. The third-order valence-electron chi connectivity index (χ3n) is 2.90. The molecular weight excluding hydrogens is 262 g/mol. The van der Waals surface area contributed by atoms with E-state index in [1.807, 2.05) is 30.5 Å². The number of allylic oxidation sites excluding steroid dienone is 1. The molecule has 0 saturated carbocycles. The number of aliphatic imine (C=N–C) groups is 1. The van der Waals surface area contributed by atoms with Crippen molar-refractivity contribution in [1.29, 1.82) is 0 Å². The van der Waals surface area contributed by atoms with Gasteiger partial charge in [0.15, 0.2) is 5.82 Å². The Morgan fingerprint density at radius 3 is 2.95 bits per heavy atom. The molecule has 0 saturated heterocycles. The maximum absolute atomic E-state index is 6.18. The van der Waals surface area contributed by atoms with Gasteiger partial charge in [0.1, 0.15) is 0 Å². The number of dihydropyridines is 1. The van der Waals surface area contributed by atoms with Crippen LogP contribution >= 0.6 is 11.6 Å². The third-order valence-corrected chi connectivity index (χ3v) is 3.23. The first-order valence-electron chi connectivity index (χ1n) is 6.04. The Bertz CT molecular complexity index is 644. The Labute approximate surface area is 115 Å². The predicted molar refractivity (Wildman–Crippen MR) is 74.3 cm³/mol. The van der Waals surface area contributed by atoms with E-state index in [0.29, 0.717) is 17.4 Å². The van der Waals surface area contributed by atoms with Crippen molar-refractivity contribution < 1.29 is 0 Å². The number of nitrogens with zero attached hydrogens (tertiary/aromatic N) is 5. The first-order chi connectivity index (χ1) is 9.34. The topological polar surface area (TPSA) is 56.0 Å². The molecule has 2 aromatic rings. The van der Waals surface area contributed by atoms with Gasteiger partial charge in [-0.15, -0.1) is 5.10 Å². The molecule has 0 radical (unpaired) electrons. The van der Waals surface area contributed by atoms with Crippen LogP contribution in [-0.2, 0) is 6.54 Å². The van der Waals surface area contributed by atoms with Crippen molar-refractivity contribution in [3.8, 4) is 11.4 Å². The van der Waals surface area contributed by atoms with Crippen LogP contribution in [0.1, 0.15) is 6.42 Å². The van der Waals surface area contributed by atoms with Gasteiger partial charge < -0.3 is 0 Å². The van der Waals surface area contributed by atoms with Gasteiger partial charge in [0.2, 0.25) is 0 Å². The summed E-state index contributed by atoms with van der Waals surface area (Å²) in [6.07, 6.45) is 5.00. The minimum atomic E-state index is 0.608. The molecular formula is C13H12ClN5. The summed E-state index contributed by atoms with van der Waals surface area (Å²) in [7, 11) is 0. The quantitative estimate of drug-likeness (QED) is 0.863. The normalized spacial score (nSPS) is 14.5. The molecule has 0 amide bonds. The zero-order valence-corrected chi connectivity index (χ0v) is 11.0. The molecule has 1 aliphatic rings. The van der Waals surface area contributed by atoms with Crippen LogP contribution in [0, 0.1) is 0 Å². The summed E-state index contributed by atoms with van der Waals surface area (Å²) in [6.45, 7) is 1.47. The Balaban J connectivity index is 1.93. The number of hydrogen-bond acceptors (Lipinski definition) is 4. The van der Waals surface area contributed by atoms with E-state index in [2.05, 4.69) is 26.6 Å². The summed E-state index contributed by atoms with van der Waals surface area (Å²) >= 11 is 6.18. The first-order valence-corrected chi connectivity index (χ1v) is 6.42. The number of hydrogen-bond donors (Lipinski definition) is 0. The predicted octanol–water partition coefficient (Wildman–Crippen LogP) is 2.39. The number of rotatable bonds is 3. The smallest absolute Gasteiger partial charge is 0.183 e. The van der Waals surface area contributed by atoms with Crippen LogP contribution in [-0.4, -0.2) is 33.0 Å². The molecule has 6 heteroatoms. The summed E-state index contributed by atoms with van der Waals surface area (Å²) in [6, 6.07) is 7.54. The summed E-state index contributed by atoms with van der Waals surface area (Å²) < 4.78 is 1.74. The number of tetrazole rings is 1. The fourth-order valence-corrected chi connectivity index (χ4v) is 2.20. The molecule has 5 nitrogen and oxygen atoms in total. The van der Waals surface area contributed by atoms with Crippen molar-refractivity contribution in [3.63, 3.8) is 0 Å². The molecule has 19 heavy (non-hydrogen) atoms. The van der Waals surface area contributed by atoms with Crippen LogP contribution in [0.3, 0.4) is 0 Å². The van der Waals surface area contributed by atoms with E-state index in [0.717, 1.165) is 24.1 Å². The van der Waals surface area contributed by atoms with Crippen LogP contribution in [0.5, 0.6) is 0 Å². The molecule has 1 aromatic carbocycles. The van der Waals surface area contributed by atoms with E-state index in [1.165, 1.54) is 0 Å². The van der Waals surface area contributed by atoms with E-state index >= 15 is 0 Å². The summed E-state index contributed by atoms with van der Waals surface area (Å²) in [4.78, 5) is 4.26. The lowest BCUT2D eigenvalue weighted by Gasteiger charge is -2.08. The molecule has 1 aliphatic heterocycles. The Hall–Kier alpha value is -2.01. The molecule has 2 heterocycles. The highest BCUT2D eigenvalue weighted by molar-refractivity contribution is 6.33. The van der Waals surface area contributed by atoms with E-state index in [-0.39, 0.29) is 0 Å². The maximum Gasteiger partial charge on any atom is 0.183 e. The second-order valence-electron chi connectivity index (χ2n) is 4.24. The molecule has 96 valence electrons. The van der Waals surface area contributed by atoms with E-state index < -0.39 is 0 Å². The molecule has 0 bridgehead atoms. The van der Waals surface area contributed by atoms with Gasteiger partial charge in [-0.25, -0.2) is 4.68 Å². The van der Waals surface area contributed by atoms with Gasteiger partial charge in [0, 0.05) is 18.3 Å². The molecule has 0 unspecified atom stereocenters. The fraction of sp³-hybridized carbons (Fsp3) is 0.231. The minimum absolute atomic E-state index is 0.608. The van der Waals surface area contributed by atoms with Crippen LogP contribution in [0.4, 0.5) is 0 Å². The van der Waals surface area contributed by atoms with Crippen molar-refractivity contribution in [2.45, 2.75) is 13.0 Å². The van der Waals surface area contributed by atoms with Gasteiger partial charge in [-0.05, 0) is 34.6 Å². The third kappa shape index (κ3) is 2.56. The van der Waals surface area contributed by atoms with Crippen molar-refractivity contribution in [2.24, 2.45) is 4.99 Å². The van der Waals surface area contributed by atoms with Crippen molar-refractivity contribution >= 4 is 17.8 Å². The number of aromatic nitrogens is 4. The summed E-state index contributed by atoms with van der Waals surface area (Å²) in [5.74, 6) is 0.672. The van der Waals surface area contributed by atoms with Crippen LogP contribution in [0.15, 0.2) is 40.9 Å². The zero-order chi connectivity index (χ0) is 13.1. The maximum atomic E-state index is 6.18. The van der Waals surface area contributed by atoms with Gasteiger partial charge in [-0.1, -0.05) is 29.8 Å². The highest BCUT2D eigenvalue weighted by Crippen LogP contribution is 2.25. The van der Waals surface area contributed by atoms with Gasteiger partial charge in [0.05, 0.1) is 11.6 Å². The highest BCUT2D eigenvalue weighted by Gasteiger charge is 2.12. The lowest BCUT2D eigenvalue weighted by molar-refractivity contribution is 0.654. The second-order valence-corrected chi connectivity index (χ2v) is 4.65. The van der Waals surface area contributed by atoms with E-state index in [4.69, 9.17) is 11.6 Å². The number of halogens is 1. The first kappa shape index (κ1) is 12.0. The van der Waals surface area contributed by atoms with Crippen molar-refractivity contribution in [2.75, 3.05) is 6.54 Å². The second kappa shape index (κ2) is 5.32. The van der Waals surface area contributed by atoms with Crippen LogP contribution in [0.2, 0.25) is 5.02 Å². The molecule has 0 aliphatic carbocycles. The van der Waals surface area contributed by atoms with Gasteiger partial charge in [-0.2, -0.15) is 0 Å². The average Bonchev–Trinajstić information content (AvgIpc) is 2.88. The molecule has 0 fully saturated rings. The summed E-state index contributed by atoms with van der Waals surface area (Å²) in [5.41, 5.74) is 1.95. The minimum Gasteiger partial charge on any atom is -0.293 e. The Morgan fingerprint density at radius 2 is 2.16 bits per heavy atom. The largest absolute Gasteiger partial charge is 0.293 e. The lowest BCUT2D eigenvalue weighted by Crippen LogP contribution is -2.08. The van der Waals surface area contributed by atoms with Gasteiger partial charge in [0.25, 0.3) is 0 Å². The molecule has 1 aromatic heterocycles. The molecule has 0 N–H and O–H groups in total. The molecule has 0 atom stereocenters. The summed E-state index contributed by atoms with van der Waals surface area (Å²) in [5, 5.41) is 12.5. The number of benzene rings is 1. The van der Waals surface area contributed by atoms with Gasteiger partial charge in [-0.3, -0.25) is 4.99 Å². The molecule has 3 rings (SSSR count). The Morgan fingerprint density at radius 1 is 1.26 bits per heavy atom. The van der Waals surface area contributed by atoms with E-state index in [9.17, 15) is 0 Å². The van der Waals surface area contributed by atoms with E-state index in [1.54, 1.807) is 4.68 Å². The van der Waals surface area contributed by atoms with Gasteiger partial charge >= 0.3 is 0 Å². The fourth-order valence-electron chi connectivity index (χ4n) is 1.98. The SMILES string of the molecule is Clc1ccccc1-c1nnnn1CC1=CCCN=C1. The standard InChI is InChI=1S/C13H12ClN5/c14-12-6-2-1-5-11(12)13-16-17-18-19(13)9-10-4-3-7-15-8-10/h1-2,4-6,8H,3,7,9H2. The average molecular weight is 274 g/mol. The van der Waals surface area contributed by atoms with Crippen LogP contribution in [0.25, 0.3) is 11.4 Å². The van der Waals surface area contributed by atoms with Crippen molar-refractivity contribution in [1.82, 2.24) is 20.2 Å². The Kier molecular flexibility index (Phi) is 3.37. The molecule has 0 spiro atoms. The van der Waals surface area contributed by atoms with Crippen LogP contribution < -0.4 is 0 Å². The van der Waals surface area contributed by atoms with Crippen molar-refractivity contribution in [3.05, 3.63) is 40.9 Å². The zero-order valence-electron chi connectivity index (χ0n) is 10.2. The highest BCUT2D eigenvalue weighted by atomic mass is 35.5.